The van der Waals surface area contributed by atoms with E-state index in [0.29, 0.717) is 11.8 Å². The van der Waals surface area contributed by atoms with E-state index < -0.39 is 21.7 Å². The lowest BCUT2D eigenvalue weighted by molar-refractivity contribution is -0.0597. The Labute approximate surface area is 98.5 Å². The van der Waals surface area contributed by atoms with Crippen LogP contribution in [0.25, 0.3) is 0 Å². The zero-order chi connectivity index (χ0) is 12.8. The predicted octanol–water partition coefficient (Wildman–Crippen LogP) is 2.68. The third-order valence-electron chi connectivity index (χ3n) is 3.96. The van der Waals surface area contributed by atoms with Crippen LogP contribution >= 0.6 is 0 Å². The van der Waals surface area contributed by atoms with Crippen LogP contribution in [0.4, 0.5) is 13.2 Å². The first-order valence-electron chi connectivity index (χ1n) is 5.70. The summed E-state index contributed by atoms with van der Waals surface area (Å²) in [4.78, 5) is 0. The highest BCUT2D eigenvalue weighted by atomic mass is 32.2. The Morgan fingerprint density at radius 1 is 1.24 bits per heavy atom. The first-order valence-corrected chi connectivity index (χ1v) is 7.11. The second-order valence-electron chi connectivity index (χ2n) is 5.04. The van der Waals surface area contributed by atoms with E-state index in [9.17, 15) is 21.6 Å². The summed E-state index contributed by atoms with van der Waals surface area (Å²) in [6, 6.07) is 0. The van der Waals surface area contributed by atoms with Gasteiger partial charge in [-0.2, -0.15) is 21.6 Å². The Hall–Kier alpha value is -0.300. The van der Waals surface area contributed by atoms with Crippen LogP contribution in [0.1, 0.15) is 32.6 Å². The van der Waals surface area contributed by atoms with Gasteiger partial charge >= 0.3 is 15.6 Å². The van der Waals surface area contributed by atoms with Crippen molar-refractivity contribution in [1.82, 2.24) is 0 Å². The Kier molecular flexibility index (Phi) is 3.18. The van der Waals surface area contributed by atoms with Crippen LogP contribution in [0.5, 0.6) is 0 Å². The molecule has 2 bridgehead atoms. The van der Waals surface area contributed by atoms with Crippen LogP contribution in [0.15, 0.2) is 0 Å². The number of hydrogen-bond donors (Lipinski definition) is 0. The van der Waals surface area contributed by atoms with Gasteiger partial charge in [-0.05, 0) is 43.9 Å². The van der Waals surface area contributed by atoms with Crippen LogP contribution in [-0.2, 0) is 14.3 Å². The number of hydrogen-bond acceptors (Lipinski definition) is 3. The molecule has 0 aromatic rings. The SMILES string of the molecule is CC(OS(=O)(=O)C(F)(F)F)C1CC2CCC1C2. The molecular formula is C10H15F3O3S. The van der Waals surface area contributed by atoms with E-state index in [1.165, 1.54) is 6.92 Å². The van der Waals surface area contributed by atoms with Gasteiger partial charge in [0.15, 0.2) is 0 Å². The smallest absolute Gasteiger partial charge is 0.260 e. The van der Waals surface area contributed by atoms with Crippen LogP contribution in [0.2, 0.25) is 0 Å². The molecule has 0 saturated heterocycles. The standard InChI is InChI=1S/C10H15F3O3S/c1-6(16-17(14,15)10(11,12)13)9-5-7-2-3-8(9)4-7/h6-9H,2-5H2,1H3. The summed E-state index contributed by atoms with van der Waals surface area (Å²) in [5, 5.41) is 0. The monoisotopic (exact) mass is 272 g/mol. The summed E-state index contributed by atoms with van der Waals surface area (Å²) in [6.07, 6.45) is 3.01. The lowest BCUT2D eigenvalue weighted by Gasteiger charge is -2.27. The molecule has 0 aromatic heterocycles. The highest BCUT2D eigenvalue weighted by molar-refractivity contribution is 7.87. The van der Waals surface area contributed by atoms with E-state index in [4.69, 9.17) is 0 Å². The molecule has 4 unspecified atom stereocenters. The van der Waals surface area contributed by atoms with Crippen LogP contribution < -0.4 is 0 Å². The third kappa shape index (κ3) is 2.45. The molecule has 2 saturated carbocycles. The van der Waals surface area contributed by atoms with E-state index in [1.807, 2.05) is 0 Å². The molecule has 17 heavy (non-hydrogen) atoms. The van der Waals surface area contributed by atoms with Crippen LogP contribution in [-0.4, -0.2) is 20.0 Å². The fourth-order valence-corrected chi connectivity index (χ4v) is 3.85. The lowest BCUT2D eigenvalue weighted by atomic mass is 9.85. The maximum absolute atomic E-state index is 12.2. The van der Waals surface area contributed by atoms with Crippen molar-refractivity contribution in [3.63, 3.8) is 0 Å². The lowest BCUT2D eigenvalue weighted by Crippen LogP contribution is -2.34. The minimum absolute atomic E-state index is 0.0501. The van der Waals surface area contributed by atoms with Crippen molar-refractivity contribution < 1.29 is 25.8 Å². The van der Waals surface area contributed by atoms with Gasteiger partial charge in [-0.25, -0.2) is 0 Å². The van der Waals surface area contributed by atoms with Gasteiger partial charge in [0.2, 0.25) is 0 Å². The molecule has 0 N–H and O–H groups in total. The number of fused-ring (bicyclic) bond motifs is 2. The summed E-state index contributed by atoms with van der Waals surface area (Å²) in [6.45, 7) is 1.43. The van der Waals surface area contributed by atoms with E-state index in [1.54, 1.807) is 0 Å². The van der Waals surface area contributed by atoms with Crippen molar-refractivity contribution >= 4 is 10.1 Å². The summed E-state index contributed by atoms with van der Waals surface area (Å²) in [5.74, 6) is 0.828. The summed E-state index contributed by atoms with van der Waals surface area (Å²) >= 11 is 0. The Bertz CT molecular complexity index is 390. The van der Waals surface area contributed by atoms with Gasteiger partial charge in [0.1, 0.15) is 0 Å². The average Bonchev–Trinajstić information content (AvgIpc) is 2.75. The van der Waals surface area contributed by atoms with Gasteiger partial charge < -0.3 is 0 Å². The molecule has 0 aromatic carbocycles. The van der Waals surface area contributed by atoms with E-state index in [-0.39, 0.29) is 5.92 Å². The maximum atomic E-state index is 12.2. The molecule has 7 heteroatoms. The minimum atomic E-state index is -5.45. The van der Waals surface area contributed by atoms with E-state index in [2.05, 4.69) is 4.18 Å². The molecule has 3 nitrogen and oxygen atoms in total. The molecule has 0 radical (unpaired) electrons. The Morgan fingerprint density at radius 2 is 1.88 bits per heavy atom. The highest BCUT2D eigenvalue weighted by Gasteiger charge is 2.50. The molecule has 2 fully saturated rings. The molecule has 2 rings (SSSR count). The number of halogens is 3. The van der Waals surface area contributed by atoms with Crippen molar-refractivity contribution in [2.75, 3.05) is 0 Å². The molecule has 0 aliphatic heterocycles. The second-order valence-corrected chi connectivity index (χ2v) is 6.60. The van der Waals surface area contributed by atoms with Crippen molar-refractivity contribution in [1.29, 1.82) is 0 Å². The van der Waals surface area contributed by atoms with E-state index in [0.717, 1.165) is 25.7 Å². The molecule has 0 spiro atoms. The van der Waals surface area contributed by atoms with Crippen molar-refractivity contribution in [3.05, 3.63) is 0 Å². The number of alkyl halides is 3. The topological polar surface area (TPSA) is 43.4 Å². The largest absolute Gasteiger partial charge is 0.523 e. The van der Waals surface area contributed by atoms with Crippen molar-refractivity contribution in [3.8, 4) is 0 Å². The van der Waals surface area contributed by atoms with Crippen molar-refractivity contribution in [2.45, 2.75) is 44.2 Å². The number of rotatable bonds is 3. The van der Waals surface area contributed by atoms with Crippen LogP contribution in [0, 0.1) is 17.8 Å². The molecule has 100 valence electrons. The van der Waals surface area contributed by atoms with Gasteiger partial charge in [-0.15, -0.1) is 0 Å². The van der Waals surface area contributed by atoms with Gasteiger partial charge in [0.25, 0.3) is 0 Å². The molecule has 2 aliphatic carbocycles. The minimum Gasteiger partial charge on any atom is -0.260 e. The molecule has 4 atom stereocenters. The maximum Gasteiger partial charge on any atom is 0.523 e. The first-order chi connectivity index (χ1) is 7.71. The zero-order valence-electron chi connectivity index (χ0n) is 9.40. The summed E-state index contributed by atoms with van der Waals surface area (Å²) < 4.78 is 62.5. The normalized spacial score (nSPS) is 35.2. The zero-order valence-corrected chi connectivity index (χ0v) is 10.2. The van der Waals surface area contributed by atoms with Gasteiger partial charge in [0.05, 0.1) is 6.10 Å². The fraction of sp³-hybridized carbons (Fsp3) is 1.00. The quantitative estimate of drug-likeness (QED) is 0.586. The molecule has 2 aliphatic rings. The van der Waals surface area contributed by atoms with Gasteiger partial charge in [-0.3, -0.25) is 4.18 Å². The predicted molar refractivity (Wildman–Crippen MR) is 54.5 cm³/mol. The van der Waals surface area contributed by atoms with Crippen molar-refractivity contribution in [2.24, 2.45) is 17.8 Å². The third-order valence-corrected chi connectivity index (χ3v) is 5.08. The van der Waals surface area contributed by atoms with E-state index >= 15 is 0 Å². The van der Waals surface area contributed by atoms with Crippen LogP contribution in [0.3, 0.4) is 0 Å². The second kappa shape index (κ2) is 4.12. The average molecular weight is 272 g/mol. The molecule has 0 amide bonds. The fourth-order valence-electron chi connectivity index (χ4n) is 3.19. The summed E-state index contributed by atoms with van der Waals surface area (Å²) in [5.41, 5.74) is -5.32. The highest BCUT2D eigenvalue weighted by Crippen LogP contribution is 2.50. The Morgan fingerprint density at radius 3 is 2.29 bits per heavy atom. The molecule has 0 heterocycles. The van der Waals surface area contributed by atoms with Gasteiger partial charge in [0, 0.05) is 0 Å². The summed E-state index contributed by atoms with van der Waals surface area (Å²) in [7, 11) is -5.45. The Balaban J connectivity index is 2.01. The first kappa shape index (κ1) is 13.1. The molecular weight excluding hydrogens is 257 g/mol. The van der Waals surface area contributed by atoms with Gasteiger partial charge in [-0.1, -0.05) is 6.42 Å².